The van der Waals surface area contributed by atoms with E-state index in [-0.39, 0.29) is 12.3 Å². The topological polar surface area (TPSA) is 70.8 Å². The largest absolute Gasteiger partial charge is 0.323 e. The number of anilines is 1. The van der Waals surface area contributed by atoms with Crippen molar-refractivity contribution in [2.24, 2.45) is 7.05 Å². The molecule has 5 nitrogen and oxygen atoms in total. The van der Waals surface area contributed by atoms with E-state index in [9.17, 15) is 4.79 Å². The van der Waals surface area contributed by atoms with Gasteiger partial charge in [0.15, 0.2) is 0 Å². The van der Waals surface area contributed by atoms with Gasteiger partial charge in [-0.2, -0.15) is 5.10 Å². The van der Waals surface area contributed by atoms with Gasteiger partial charge in [-0.05, 0) is 5.92 Å². The molecule has 0 aliphatic rings. The Kier molecular flexibility index (Phi) is 3.60. The van der Waals surface area contributed by atoms with Crippen molar-refractivity contribution in [3.05, 3.63) is 11.9 Å². The summed E-state index contributed by atoms with van der Waals surface area (Å²) in [5, 5.41) is 13.7. The van der Waals surface area contributed by atoms with Gasteiger partial charge in [0.05, 0.1) is 24.0 Å². The third-order valence-electron chi connectivity index (χ3n) is 2.09. The summed E-state index contributed by atoms with van der Waals surface area (Å²) in [5.41, 5.74) is 1.73. The Labute approximate surface area is 89.0 Å². The normalized spacial score (nSPS) is 10.4. The van der Waals surface area contributed by atoms with E-state index < -0.39 is 0 Å². The van der Waals surface area contributed by atoms with Crippen LogP contribution in [0, 0.1) is 5.41 Å². The summed E-state index contributed by atoms with van der Waals surface area (Å²) in [6.07, 6.45) is 2.82. The molecular weight excluding hydrogens is 192 g/mol. The number of nitrogens with zero attached hydrogens (tertiary/aromatic N) is 2. The Morgan fingerprint density at radius 3 is 2.93 bits per heavy atom. The Morgan fingerprint density at radius 1 is 1.73 bits per heavy atom. The van der Waals surface area contributed by atoms with Crippen LogP contribution in [0.3, 0.4) is 0 Å². The number of rotatable bonds is 4. The Hall–Kier alpha value is -1.65. The number of aryl methyl sites for hydroxylation is 1. The summed E-state index contributed by atoms with van der Waals surface area (Å²) in [6.45, 7) is 4.09. The first-order valence-electron chi connectivity index (χ1n) is 4.87. The molecule has 0 saturated heterocycles. The number of carbonyl (C=O) groups is 1. The summed E-state index contributed by atoms with van der Waals surface area (Å²) in [5.74, 6) is 0.118. The fourth-order valence-corrected chi connectivity index (χ4v) is 1.52. The van der Waals surface area contributed by atoms with Crippen molar-refractivity contribution < 1.29 is 4.79 Å². The highest BCUT2D eigenvalue weighted by atomic mass is 16.1. The van der Waals surface area contributed by atoms with Crippen LogP contribution in [0.4, 0.5) is 5.69 Å². The number of hydrogen-bond acceptors (Lipinski definition) is 3. The third kappa shape index (κ3) is 2.65. The predicted molar refractivity (Wildman–Crippen MR) is 59.3 cm³/mol. The van der Waals surface area contributed by atoms with Gasteiger partial charge in [0, 0.05) is 13.3 Å². The monoisotopic (exact) mass is 208 g/mol. The van der Waals surface area contributed by atoms with E-state index in [0.29, 0.717) is 5.92 Å². The third-order valence-corrected chi connectivity index (χ3v) is 2.09. The molecule has 1 aromatic heterocycles. The Bertz CT molecular complexity index is 367. The van der Waals surface area contributed by atoms with Crippen LogP contribution in [0.15, 0.2) is 6.20 Å². The van der Waals surface area contributed by atoms with Gasteiger partial charge >= 0.3 is 0 Å². The SMILES string of the molecule is CC(C)c1c(NC(=O)CC=N)cnn1C. The van der Waals surface area contributed by atoms with Crippen LogP contribution in [0.5, 0.6) is 0 Å². The van der Waals surface area contributed by atoms with E-state index in [1.807, 2.05) is 20.9 Å². The molecule has 15 heavy (non-hydrogen) atoms. The van der Waals surface area contributed by atoms with E-state index in [1.54, 1.807) is 10.9 Å². The van der Waals surface area contributed by atoms with Crippen molar-refractivity contribution >= 4 is 17.8 Å². The number of hydrogen-bond donors (Lipinski definition) is 2. The molecule has 0 aliphatic heterocycles. The van der Waals surface area contributed by atoms with Crippen molar-refractivity contribution in [1.82, 2.24) is 9.78 Å². The van der Waals surface area contributed by atoms with Crippen LogP contribution in [-0.2, 0) is 11.8 Å². The molecule has 0 radical (unpaired) electrons. The van der Waals surface area contributed by atoms with Crippen LogP contribution in [-0.4, -0.2) is 21.9 Å². The van der Waals surface area contributed by atoms with E-state index in [4.69, 9.17) is 5.41 Å². The zero-order valence-corrected chi connectivity index (χ0v) is 9.24. The van der Waals surface area contributed by atoms with Gasteiger partial charge in [-0.1, -0.05) is 13.8 Å². The first-order valence-corrected chi connectivity index (χ1v) is 4.87. The minimum absolute atomic E-state index is 0.104. The van der Waals surface area contributed by atoms with E-state index in [1.165, 1.54) is 0 Å². The van der Waals surface area contributed by atoms with E-state index in [0.717, 1.165) is 17.6 Å². The highest BCUT2D eigenvalue weighted by Crippen LogP contribution is 2.22. The molecule has 0 saturated carbocycles. The summed E-state index contributed by atoms with van der Waals surface area (Å²) in [6, 6.07) is 0. The van der Waals surface area contributed by atoms with Crippen LogP contribution in [0.1, 0.15) is 31.9 Å². The minimum Gasteiger partial charge on any atom is -0.323 e. The van der Waals surface area contributed by atoms with Gasteiger partial charge in [0.1, 0.15) is 0 Å². The summed E-state index contributed by atoms with van der Waals surface area (Å²) in [7, 11) is 1.85. The average Bonchev–Trinajstić information content (AvgIpc) is 2.47. The molecule has 0 bridgehead atoms. The van der Waals surface area contributed by atoms with Crippen molar-refractivity contribution in [3.63, 3.8) is 0 Å². The summed E-state index contributed by atoms with van der Waals surface area (Å²) >= 11 is 0. The molecule has 5 heteroatoms. The minimum atomic E-state index is -0.181. The van der Waals surface area contributed by atoms with Gasteiger partial charge in [0.2, 0.25) is 5.91 Å². The molecule has 0 unspecified atom stereocenters. The highest BCUT2D eigenvalue weighted by Gasteiger charge is 2.13. The fourth-order valence-electron chi connectivity index (χ4n) is 1.52. The molecule has 0 fully saturated rings. The molecule has 0 atom stereocenters. The molecule has 0 aromatic carbocycles. The van der Waals surface area contributed by atoms with Crippen LogP contribution in [0.25, 0.3) is 0 Å². The first-order chi connectivity index (χ1) is 7.06. The number of nitrogens with one attached hydrogen (secondary N) is 2. The molecule has 1 heterocycles. The van der Waals surface area contributed by atoms with Crippen molar-refractivity contribution in [1.29, 1.82) is 5.41 Å². The maximum Gasteiger partial charge on any atom is 0.229 e. The van der Waals surface area contributed by atoms with E-state index >= 15 is 0 Å². The van der Waals surface area contributed by atoms with Crippen molar-refractivity contribution in [2.75, 3.05) is 5.32 Å². The van der Waals surface area contributed by atoms with Crippen LogP contribution >= 0.6 is 0 Å². The smallest absolute Gasteiger partial charge is 0.229 e. The van der Waals surface area contributed by atoms with Crippen molar-refractivity contribution in [2.45, 2.75) is 26.2 Å². The summed E-state index contributed by atoms with van der Waals surface area (Å²) in [4.78, 5) is 11.3. The van der Waals surface area contributed by atoms with Gasteiger partial charge in [0.25, 0.3) is 0 Å². The highest BCUT2D eigenvalue weighted by molar-refractivity contribution is 5.98. The maximum atomic E-state index is 11.3. The lowest BCUT2D eigenvalue weighted by Crippen LogP contribution is -2.13. The van der Waals surface area contributed by atoms with Crippen LogP contribution < -0.4 is 5.32 Å². The first kappa shape index (κ1) is 11.4. The molecule has 2 N–H and O–H groups in total. The van der Waals surface area contributed by atoms with Gasteiger partial charge < -0.3 is 10.7 Å². The summed E-state index contributed by atoms with van der Waals surface area (Å²) < 4.78 is 1.75. The second-order valence-corrected chi connectivity index (χ2v) is 3.68. The predicted octanol–water partition coefficient (Wildman–Crippen LogP) is 1.52. The van der Waals surface area contributed by atoms with Crippen molar-refractivity contribution in [3.8, 4) is 0 Å². The van der Waals surface area contributed by atoms with Gasteiger partial charge in [-0.3, -0.25) is 9.48 Å². The lowest BCUT2D eigenvalue weighted by atomic mass is 10.1. The second kappa shape index (κ2) is 4.72. The molecule has 82 valence electrons. The standard InChI is InChI=1S/C10H16N4O/c1-7(2)10-8(6-12-14(10)3)13-9(15)4-5-11/h5-7,11H,4H2,1-3H3,(H,13,15). The molecule has 1 amide bonds. The lowest BCUT2D eigenvalue weighted by Gasteiger charge is -2.09. The number of aromatic nitrogens is 2. The lowest BCUT2D eigenvalue weighted by molar-refractivity contribution is -0.115. The number of carbonyl (C=O) groups excluding carboxylic acids is 1. The molecular formula is C10H16N4O. The molecule has 1 rings (SSSR count). The Morgan fingerprint density at radius 2 is 2.40 bits per heavy atom. The quantitative estimate of drug-likeness (QED) is 0.736. The molecule has 0 aliphatic carbocycles. The number of amides is 1. The zero-order chi connectivity index (χ0) is 11.4. The Balaban J connectivity index is 2.85. The van der Waals surface area contributed by atoms with Gasteiger partial charge in [-0.25, -0.2) is 0 Å². The van der Waals surface area contributed by atoms with E-state index in [2.05, 4.69) is 10.4 Å². The average molecular weight is 208 g/mol. The zero-order valence-electron chi connectivity index (χ0n) is 9.24. The van der Waals surface area contributed by atoms with Crippen LogP contribution in [0.2, 0.25) is 0 Å². The second-order valence-electron chi connectivity index (χ2n) is 3.68. The molecule has 1 aromatic rings. The van der Waals surface area contributed by atoms with Gasteiger partial charge in [-0.15, -0.1) is 0 Å². The molecule has 0 spiro atoms. The maximum absolute atomic E-state index is 11.3. The fraction of sp³-hybridized carbons (Fsp3) is 0.500.